The van der Waals surface area contributed by atoms with Crippen LogP contribution in [-0.4, -0.2) is 34.0 Å². The Bertz CT molecular complexity index is 1420. The van der Waals surface area contributed by atoms with Crippen LogP contribution in [0.2, 0.25) is 0 Å². The number of nitrogens with zero attached hydrogens (tertiary/aromatic N) is 3. The average Bonchev–Trinajstić information content (AvgIpc) is 2.86. The van der Waals surface area contributed by atoms with Gasteiger partial charge in [0.2, 0.25) is 0 Å². The number of halogens is 1. The molecule has 0 bridgehead atoms. The number of rotatable bonds is 7. The maximum absolute atomic E-state index is 13.3. The highest BCUT2D eigenvalue weighted by molar-refractivity contribution is 7.99. The first-order valence-corrected chi connectivity index (χ1v) is 11.3. The first-order valence-electron chi connectivity index (χ1n) is 10.3. The summed E-state index contributed by atoms with van der Waals surface area (Å²) in [6, 6.07) is 19.9. The number of hydrogen-bond donors (Lipinski definition) is 1. The lowest BCUT2D eigenvalue weighted by atomic mass is 10.1. The molecule has 172 valence electrons. The molecule has 0 atom stereocenters. The molecule has 0 aliphatic rings. The molecule has 1 amide bonds. The molecule has 0 radical (unpaired) electrons. The van der Waals surface area contributed by atoms with Gasteiger partial charge >= 0.3 is 0 Å². The quantitative estimate of drug-likeness (QED) is 0.187. The van der Waals surface area contributed by atoms with Crippen LogP contribution in [-0.2, 0) is 4.79 Å². The number of para-hydroxylation sites is 1. The SMILES string of the molecule is COc1ccc(-n2c(SCC(=O)NN=C(C)c3ccc(F)cc3)nc3ccccc3c2=O)cc1. The van der Waals surface area contributed by atoms with Gasteiger partial charge in [-0.2, -0.15) is 5.10 Å². The number of carbonyl (C=O) groups excluding carboxylic acids is 1. The van der Waals surface area contributed by atoms with Crippen molar-refractivity contribution in [1.29, 1.82) is 0 Å². The summed E-state index contributed by atoms with van der Waals surface area (Å²) in [6.07, 6.45) is 0. The molecule has 1 heterocycles. The third kappa shape index (κ3) is 5.15. The molecule has 0 unspecified atom stereocenters. The normalized spacial score (nSPS) is 11.4. The zero-order valence-electron chi connectivity index (χ0n) is 18.5. The Labute approximate surface area is 199 Å². The highest BCUT2D eigenvalue weighted by Gasteiger charge is 2.15. The molecular weight excluding hydrogens is 455 g/mol. The van der Waals surface area contributed by atoms with Crippen LogP contribution in [0.25, 0.3) is 16.6 Å². The molecule has 1 N–H and O–H groups in total. The lowest BCUT2D eigenvalue weighted by Gasteiger charge is -2.13. The molecule has 0 spiro atoms. The number of hydrogen-bond acceptors (Lipinski definition) is 6. The second-order valence-electron chi connectivity index (χ2n) is 7.28. The number of nitrogens with one attached hydrogen (secondary N) is 1. The predicted molar refractivity (Wildman–Crippen MR) is 131 cm³/mol. The van der Waals surface area contributed by atoms with Crippen molar-refractivity contribution in [2.24, 2.45) is 5.10 Å². The van der Waals surface area contributed by atoms with E-state index in [0.717, 1.165) is 11.8 Å². The van der Waals surface area contributed by atoms with Gasteiger partial charge in [0.05, 0.1) is 35.2 Å². The third-order valence-electron chi connectivity index (χ3n) is 5.02. The molecule has 7 nitrogen and oxygen atoms in total. The number of carbonyl (C=O) groups is 1. The number of ether oxygens (including phenoxy) is 1. The summed E-state index contributed by atoms with van der Waals surface area (Å²) < 4.78 is 19.8. The Morgan fingerprint density at radius 2 is 1.79 bits per heavy atom. The molecule has 3 aromatic carbocycles. The second kappa shape index (κ2) is 10.3. The Kier molecular flexibility index (Phi) is 7.03. The van der Waals surface area contributed by atoms with E-state index in [9.17, 15) is 14.0 Å². The molecule has 0 saturated carbocycles. The Morgan fingerprint density at radius 3 is 2.50 bits per heavy atom. The minimum absolute atomic E-state index is 0.0128. The smallest absolute Gasteiger partial charge is 0.266 e. The highest BCUT2D eigenvalue weighted by atomic mass is 32.2. The van der Waals surface area contributed by atoms with Crippen LogP contribution in [0.1, 0.15) is 12.5 Å². The van der Waals surface area contributed by atoms with Crippen molar-refractivity contribution >= 4 is 34.3 Å². The number of methoxy groups -OCH3 is 1. The zero-order chi connectivity index (χ0) is 24.1. The lowest BCUT2D eigenvalue weighted by molar-refractivity contribution is -0.118. The monoisotopic (exact) mass is 476 g/mol. The van der Waals surface area contributed by atoms with E-state index in [4.69, 9.17) is 4.74 Å². The number of aromatic nitrogens is 2. The van der Waals surface area contributed by atoms with Crippen molar-refractivity contribution in [2.75, 3.05) is 12.9 Å². The molecule has 0 aliphatic carbocycles. The fraction of sp³-hybridized carbons (Fsp3) is 0.120. The van der Waals surface area contributed by atoms with Crippen molar-refractivity contribution in [1.82, 2.24) is 15.0 Å². The number of fused-ring (bicyclic) bond motifs is 1. The van der Waals surface area contributed by atoms with E-state index in [0.29, 0.717) is 38.8 Å². The molecular formula is C25H21FN4O3S. The van der Waals surface area contributed by atoms with Crippen LogP contribution >= 0.6 is 11.8 Å². The summed E-state index contributed by atoms with van der Waals surface area (Å²) >= 11 is 1.13. The predicted octanol–water partition coefficient (Wildman–Crippen LogP) is 4.17. The van der Waals surface area contributed by atoms with Gasteiger partial charge in [-0.05, 0) is 61.0 Å². The molecule has 4 aromatic rings. The summed E-state index contributed by atoms with van der Waals surface area (Å²) in [4.78, 5) is 30.4. The molecule has 34 heavy (non-hydrogen) atoms. The summed E-state index contributed by atoms with van der Waals surface area (Å²) in [7, 11) is 1.57. The van der Waals surface area contributed by atoms with Crippen molar-refractivity contribution < 1.29 is 13.9 Å². The van der Waals surface area contributed by atoms with Gasteiger partial charge in [0, 0.05) is 0 Å². The summed E-state index contributed by atoms with van der Waals surface area (Å²) in [6.45, 7) is 1.72. The van der Waals surface area contributed by atoms with E-state index in [2.05, 4.69) is 15.5 Å². The van der Waals surface area contributed by atoms with Crippen LogP contribution < -0.4 is 15.7 Å². The van der Waals surface area contributed by atoms with Crippen molar-refractivity contribution in [3.05, 3.63) is 94.5 Å². The van der Waals surface area contributed by atoms with E-state index < -0.39 is 0 Å². The van der Waals surface area contributed by atoms with E-state index in [-0.39, 0.29) is 23.0 Å². The zero-order valence-corrected chi connectivity index (χ0v) is 19.3. The Balaban J connectivity index is 1.58. The van der Waals surface area contributed by atoms with Gasteiger partial charge in [0.25, 0.3) is 11.5 Å². The first kappa shape index (κ1) is 23.2. The van der Waals surface area contributed by atoms with Gasteiger partial charge < -0.3 is 4.74 Å². The van der Waals surface area contributed by atoms with Crippen molar-refractivity contribution in [3.8, 4) is 11.4 Å². The maximum Gasteiger partial charge on any atom is 0.266 e. The average molecular weight is 477 g/mol. The van der Waals surface area contributed by atoms with Gasteiger partial charge in [-0.3, -0.25) is 14.2 Å². The third-order valence-corrected chi connectivity index (χ3v) is 5.96. The molecule has 1 aromatic heterocycles. The van der Waals surface area contributed by atoms with E-state index >= 15 is 0 Å². The summed E-state index contributed by atoms with van der Waals surface area (Å²) in [5, 5.41) is 4.94. The van der Waals surface area contributed by atoms with Crippen molar-refractivity contribution in [3.63, 3.8) is 0 Å². The van der Waals surface area contributed by atoms with E-state index in [1.165, 1.54) is 16.7 Å². The largest absolute Gasteiger partial charge is 0.497 e. The Morgan fingerprint density at radius 1 is 1.09 bits per heavy atom. The molecule has 0 aliphatic heterocycles. The second-order valence-corrected chi connectivity index (χ2v) is 8.22. The van der Waals surface area contributed by atoms with Crippen LogP contribution in [0.4, 0.5) is 4.39 Å². The number of amides is 1. The van der Waals surface area contributed by atoms with E-state index in [1.54, 1.807) is 74.7 Å². The van der Waals surface area contributed by atoms with Gasteiger partial charge in [0.1, 0.15) is 11.6 Å². The fourth-order valence-electron chi connectivity index (χ4n) is 3.23. The molecule has 0 saturated heterocycles. The van der Waals surface area contributed by atoms with Crippen LogP contribution in [0, 0.1) is 5.82 Å². The molecule has 4 rings (SSSR count). The first-order chi connectivity index (χ1) is 16.5. The maximum atomic E-state index is 13.3. The van der Waals surface area contributed by atoms with Gasteiger partial charge in [-0.1, -0.05) is 36.0 Å². The topological polar surface area (TPSA) is 85.6 Å². The van der Waals surface area contributed by atoms with E-state index in [1.807, 2.05) is 0 Å². The highest BCUT2D eigenvalue weighted by Crippen LogP contribution is 2.22. The van der Waals surface area contributed by atoms with Crippen LogP contribution in [0.5, 0.6) is 5.75 Å². The number of benzene rings is 3. The minimum Gasteiger partial charge on any atom is -0.497 e. The number of thioether (sulfide) groups is 1. The lowest BCUT2D eigenvalue weighted by Crippen LogP contribution is -2.24. The minimum atomic E-state index is -0.366. The Hall–Kier alpha value is -3.98. The van der Waals surface area contributed by atoms with Gasteiger partial charge in [0.15, 0.2) is 5.16 Å². The van der Waals surface area contributed by atoms with Gasteiger partial charge in [-0.15, -0.1) is 0 Å². The standard InChI is InChI=1S/C25H21FN4O3S/c1-16(17-7-9-18(26)10-8-17)28-29-23(31)15-34-25-27-22-6-4-3-5-21(22)24(32)30(25)19-11-13-20(33-2)14-12-19/h3-14H,15H2,1-2H3,(H,29,31). The fourth-order valence-corrected chi connectivity index (χ4v) is 4.04. The number of hydrazone groups is 1. The van der Waals surface area contributed by atoms with Crippen LogP contribution in [0.3, 0.4) is 0 Å². The molecule has 9 heteroatoms. The summed E-state index contributed by atoms with van der Waals surface area (Å²) in [5.41, 5.74) is 4.65. The molecule has 0 fully saturated rings. The summed E-state index contributed by atoms with van der Waals surface area (Å²) in [5.74, 6) is -0.0624. The van der Waals surface area contributed by atoms with Gasteiger partial charge in [-0.25, -0.2) is 14.8 Å². The van der Waals surface area contributed by atoms with Crippen molar-refractivity contribution in [2.45, 2.75) is 12.1 Å². The van der Waals surface area contributed by atoms with Crippen LogP contribution in [0.15, 0.2) is 87.8 Å².